The van der Waals surface area contributed by atoms with E-state index in [0.29, 0.717) is 11.4 Å². The van der Waals surface area contributed by atoms with E-state index in [4.69, 9.17) is 17.3 Å². The Kier molecular flexibility index (Phi) is 3.25. The maximum absolute atomic E-state index is 10.6. The van der Waals surface area contributed by atoms with Crippen LogP contribution in [0.15, 0.2) is 24.4 Å². The molecule has 0 spiro atoms. The molecule has 2 rings (SSSR count). The predicted molar refractivity (Wildman–Crippen MR) is 70.2 cm³/mol. The quantitative estimate of drug-likeness (QED) is 0.685. The Morgan fingerprint density at radius 2 is 2.16 bits per heavy atom. The molecule has 0 aliphatic carbocycles. The van der Waals surface area contributed by atoms with Gasteiger partial charge in [-0.05, 0) is 19.9 Å². The van der Waals surface area contributed by atoms with Crippen LogP contribution in [0.1, 0.15) is 19.5 Å². The van der Waals surface area contributed by atoms with Crippen molar-refractivity contribution in [2.24, 2.45) is 5.73 Å². The van der Waals surface area contributed by atoms with Gasteiger partial charge in [-0.2, -0.15) is 0 Å². The molecule has 0 saturated carbocycles. The Morgan fingerprint density at radius 1 is 1.47 bits per heavy atom. The second-order valence-electron chi connectivity index (χ2n) is 4.66. The highest BCUT2D eigenvalue weighted by Gasteiger charge is 2.19. The first kappa shape index (κ1) is 13.4. The van der Waals surface area contributed by atoms with Gasteiger partial charge in [0, 0.05) is 12.1 Å². The molecule has 0 aliphatic rings. The lowest BCUT2D eigenvalue weighted by atomic mass is 10.0. The highest BCUT2D eigenvalue weighted by Crippen LogP contribution is 2.25. The average Bonchev–Trinajstić information content (AvgIpc) is 2.77. The average molecular weight is 282 g/mol. The zero-order chi connectivity index (χ0) is 14.2. The normalized spacial score (nSPS) is 11.6. The number of hydrogen-bond donors (Lipinski definition) is 1. The van der Waals surface area contributed by atoms with Crippen molar-refractivity contribution in [2.45, 2.75) is 19.4 Å². The van der Waals surface area contributed by atoms with Crippen molar-refractivity contribution in [3.05, 3.63) is 45.2 Å². The minimum Gasteiger partial charge on any atom is -0.320 e. The molecule has 0 amide bonds. The van der Waals surface area contributed by atoms with Gasteiger partial charge in [0.1, 0.15) is 5.69 Å². The maximum atomic E-state index is 10.6. The standard InChI is InChI=1S/C11H12ClN5O2/c1-11(2,13)10-6-16(15-14-10)9-4-3-7(17(18)19)5-8(9)12/h3-6H,13H2,1-2H3. The summed E-state index contributed by atoms with van der Waals surface area (Å²) in [4.78, 5) is 10.1. The van der Waals surface area contributed by atoms with Crippen LogP contribution in [0, 0.1) is 10.1 Å². The summed E-state index contributed by atoms with van der Waals surface area (Å²) in [6.45, 7) is 3.61. The van der Waals surface area contributed by atoms with Gasteiger partial charge in [-0.25, -0.2) is 4.68 Å². The van der Waals surface area contributed by atoms with E-state index in [2.05, 4.69) is 10.3 Å². The molecule has 1 aromatic heterocycles. The van der Waals surface area contributed by atoms with Gasteiger partial charge in [0.25, 0.3) is 5.69 Å². The van der Waals surface area contributed by atoms with Crippen molar-refractivity contribution in [2.75, 3.05) is 0 Å². The lowest BCUT2D eigenvalue weighted by molar-refractivity contribution is -0.384. The molecule has 8 heteroatoms. The van der Waals surface area contributed by atoms with Gasteiger partial charge in [0.15, 0.2) is 0 Å². The number of nitro groups is 1. The van der Waals surface area contributed by atoms with Crippen molar-refractivity contribution in [1.82, 2.24) is 15.0 Å². The summed E-state index contributed by atoms with van der Waals surface area (Å²) in [5.74, 6) is 0. The van der Waals surface area contributed by atoms with Gasteiger partial charge in [-0.3, -0.25) is 10.1 Å². The van der Waals surface area contributed by atoms with Crippen LogP contribution in [0.2, 0.25) is 5.02 Å². The van der Waals surface area contributed by atoms with E-state index in [0.717, 1.165) is 0 Å². The topological polar surface area (TPSA) is 99.9 Å². The lowest BCUT2D eigenvalue weighted by Gasteiger charge is -2.13. The van der Waals surface area contributed by atoms with Crippen LogP contribution in [-0.2, 0) is 5.54 Å². The molecule has 0 saturated heterocycles. The van der Waals surface area contributed by atoms with Gasteiger partial charge < -0.3 is 5.73 Å². The van der Waals surface area contributed by atoms with Gasteiger partial charge >= 0.3 is 0 Å². The van der Waals surface area contributed by atoms with E-state index < -0.39 is 10.5 Å². The molecule has 0 bridgehead atoms. The second kappa shape index (κ2) is 4.60. The molecular formula is C11H12ClN5O2. The molecule has 2 N–H and O–H groups in total. The Bertz CT molecular complexity index is 632. The summed E-state index contributed by atoms with van der Waals surface area (Å²) < 4.78 is 1.44. The number of non-ortho nitro benzene ring substituents is 1. The SMILES string of the molecule is CC(C)(N)c1cn(-c2ccc([N+](=O)[O-])cc2Cl)nn1. The third-order valence-electron chi connectivity index (χ3n) is 2.54. The first-order valence-corrected chi connectivity index (χ1v) is 5.83. The Morgan fingerprint density at radius 3 is 2.63 bits per heavy atom. The summed E-state index contributed by atoms with van der Waals surface area (Å²) in [7, 11) is 0. The number of hydrogen-bond acceptors (Lipinski definition) is 5. The van der Waals surface area contributed by atoms with Crippen molar-refractivity contribution in [3.8, 4) is 5.69 Å². The van der Waals surface area contributed by atoms with Gasteiger partial charge in [-0.1, -0.05) is 16.8 Å². The molecule has 7 nitrogen and oxygen atoms in total. The van der Waals surface area contributed by atoms with Crippen molar-refractivity contribution < 1.29 is 4.92 Å². The highest BCUT2D eigenvalue weighted by atomic mass is 35.5. The van der Waals surface area contributed by atoms with Crippen LogP contribution in [0.25, 0.3) is 5.69 Å². The first-order valence-electron chi connectivity index (χ1n) is 5.45. The fourth-order valence-corrected chi connectivity index (χ4v) is 1.73. The monoisotopic (exact) mass is 281 g/mol. The summed E-state index contributed by atoms with van der Waals surface area (Å²) in [5.41, 5.74) is 6.33. The van der Waals surface area contributed by atoms with Gasteiger partial charge in [-0.15, -0.1) is 5.10 Å². The molecule has 1 heterocycles. The lowest BCUT2D eigenvalue weighted by Crippen LogP contribution is -2.29. The van der Waals surface area contributed by atoms with Crippen LogP contribution in [0.3, 0.4) is 0 Å². The number of nitrogens with zero attached hydrogens (tertiary/aromatic N) is 4. The van der Waals surface area contributed by atoms with E-state index in [-0.39, 0.29) is 10.7 Å². The molecule has 2 aromatic rings. The molecule has 0 atom stereocenters. The van der Waals surface area contributed by atoms with Crippen LogP contribution < -0.4 is 5.73 Å². The molecule has 0 unspecified atom stereocenters. The van der Waals surface area contributed by atoms with Crippen molar-refractivity contribution in [3.63, 3.8) is 0 Å². The Labute approximate surface area is 114 Å². The molecule has 100 valence electrons. The number of benzene rings is 1. The van der Waals surface area contributed by atoms with Crippen LogP contribution in [0.4, 0.5) is 5.69 Å². The maximum Gasteiger partial charge on any atom is 0.271 e. The van der Waals surface area contributed by atoms with Crippen molar-refractivity contribution in [1.29, 1.82) is 0 Å². The molecular weight excluding hydrogens is 270 g/mol. The Balaban J connectivity index is 2.43. The van der Waals surface area contributed by atoms with Crippen LogP contribution in [0.5, 0.6) is 0 Å². The molecule has 19 heavy (non-hydrogen) atoms. The summed E-state index contributed by atoms with van der Waals surface area (Å²) in [6, 6.07) is 4.14. The predicted octanol–water partition coefficient (Wildman–Crippen LogP) is 2.02. The number of aromatic nitrogens is 3. The first-order chi connectivity index (χ1) is 8.79. The zero-order valence-electron chi connectivity index (χ0n) is 10.4. The van der Waals surface area contributed by atoms with Crippen LogP contribution in [-0.4, -0.2) is 19.9 Å². The molecule has 0 fully saturated rings. The van der Waals surface area contributed by atoms with E-state index >= 15 is 0 Å². The minimum atomic E-state index is -0.620. The van der Waals surface area contributed by atoms with Crippen molar-refractivity contribution >= 4 is 17.3 Å². The fourth-order valence-electron chi connectivity index (χ4n) is 1.47. The molecule has 0 aliphatic heterocycles. The fraction of sp³-hybridized carbons (Fsp3) is 0.273. The number of rotatable bonds is 3. The third kappa shape index (κ3) is 2.72. The zero-order valence-corrected chi connectivity index (χ0v) is 11.1. The van der Waals surface area contributed by atoms with E-state index in [1.54, 1.807) is 20.0 Å². The van der Waals surface area contributed by atoms with Gasteiger partial charge in [0.05, 0.1) is 27.4 Å². The van der Waals surface area contributed by atoms with Crippen LogP contribution >= 0.6 is 11.6 Å². The van der Waals surface area contributed by atoms with E-state index in [9.17, 15) is 10.1 Å². The summed E-state index contributed by atoms with van der Waals surface area (Å²) >= 11 is 6.01. The Hall–Kier alpha value is -1.99. The third-order valence-corrected chi connectivity index (χ3v) is 2.85. The smallest absolute Gasteiger partial charge is 0.271 e. The summed E-state index contributed by atoms with van der Waals surface area (Å²) in [5, 5.41) is 18.7. The number of nitro benzene ring substituents is 1. The number of halogens is 1. The minimum absolute atomic E-state index is 0.0757. The molecule has 0 radical (unpaired) electrons. The second-order valence-corrected chi connectivity index (χ2v) is 5.07. The van der Waals surface area contributed by atoms with E-state index in [1.807, 2.05) is 0 Å². The highest BCUT2D eigenvalue weighted by molar-refractivity contribution is 6.32. The van der Waals surface area contributed by atoms with E-state index in [1.165, 1.54) is 22.9 Å². The summed E-state index contributed by atoms with van der Waals surface area (Å²) in [6.07, 6.45) is 1.65. The molecule has 1 aromatic carbocycles. The number of nitrogens with two attached hydrogens (primary N) is 1. The largest absolute Gasteiger partial charge is 0.320 e. The van der Waals surface area contributed by atoms with Gasteiger partial charge in [0.2, 0.25) is 0 Å².